The van der Waals surface area contributed by atoms with Crippen LogP contribution in [0, 0.1) is 18.3 Å². The summed E-state index contributed by atoms with van der Waals surface area (Å²) in [6.07, 6.45) is 9.42. The first kappa shape index (κ1) is 17.6. The van der Waals surface area contributed by atoms with Crippen LogP contribution in [0.2, 0.25) is 0 Å². The molecule has 0 spiro atoms. The van der Waals surface area contributed by atoms with E-state index < -0.39 is 0 Å². The number of ether oxygens (including phenoxy) is 2. The number of carbonyl (C=O) groups is 1. The summed E-state index contributed by atoms with van der Waals surface area (Å²) in [6.45, 7) is 4.95. The Bertz CT molecular complexity index is 563. The van der Waals surface area contributed by atoms with Crippen molar-refractivity contribution in [2.24, 2.45) is 13.0 Å². The molecule has 1 aliphatic carbocycles. The molecule has 1 saturated carbocycles. The van der Waals surface area contributed by atoms with Crippen molar-refractivity contribution < 1.29 is 14.3 Å². The zero-order chi connectivity index (χ0) is 16.8. The molecule has 126 valence electrons. The summed E-state index contributed by atoms with van der Waals surface area (Å²) in [5.74, 6) is 2.90. The summed E-state index contributed by atoms with van der Waals surface area (Å²) in [7, 11) is 1.77. The summed E-state index contributed by atoms with van der Waals surface area (Å²) < 4.78 is 12.6. The van der Waals surface area contributed by atoms with E-state index in [1.165, 1.54) is 0 Å². The topological polar surface area (TPSA) is 53.4 Å². The van der Waals surface area contributed by atoms with Crippen LogP contribution in [0.4, 0.5) is 0 Å². The van der Waals surface area contributed by atoms with Crippen LogP contribution in [0.5, 0.6) is 0 Å². The van der Waals surface area contributed by atoms with Gasteiger partial charge < -0.3 is 9.47 Å². The van der Waals surface area contributed by atoms with Crippen molar-refractivity contribution in [3.63, 3.8) is 0 Å². The van der Waals surface area contributed by atoms with Crippen LogP contribution in [0.3, 0.4) is 0 Å². The maximum Gasteiger partial charge on any atom is 0.356 e. The van der Waals surface area contributed by atoms with E-state index in [2.05, 4.69) is 24.9 Å². The first-order chi connectivity index (χ1) is 11.0. The maximum atomic E-state index is 12.2. The monoisotopic (exact) mass is 318 g/mol. The van der Waals surface area contributed by atoms with Crippen LogP contribution in [-0.4, -0.2) is 35.1 Å². The second-order valence-corrected chi connectivity index (χ2v) is 6.49. The lowest BCUT2D eigenvalue weighted by Gasteiger charge is -2.27. The van der Waals surface area contributed by atoms with Gasteiger partial charge in [0, 0.05) is 7.05 Å². The molecule has 0 unspecified atom stereocenters. The van der Waals surface area contributed by atoms with E-state index in [0.29, 0.717) is 30.7 Å². The molecule has 1 aromatic heterocycles. The van der Waals surface area contributed by atoms with Crippen molar-refractivity contribution in [2.75, 3.05) is 13.2 Å². The minimum Gasteiger partial charge on any atom is -0.461 e. The van der Waals surface area contributed by atoms with Crippen molar-refractivity contribution in [3.8, 4) is 12.3 Å². The predicted octanol–water partition coefficient (Wildman–Crippen LogP) is 2.91. The lowest BCUT2D eigenvalue weighted by atomic mass is 9.88. The first-order valence-electron chi connectivity index (χ1n) is 8.27. The molecule has 0 amide bonds. The average Bonchev–Trinajstić information content (AvgIpc) is 2.94. The largest absolute Gasteiger partial charge is 0.461 e. The molecule has 5 heteroatoms. The molecular formula is C18H26N2O3. The number of terminal acetylenes is 1. The van der Waals surface area contributed by atoms with Gasteiger partial charge in [0.25, 0.3) is 0 Å². The van der Waals surface area contributed by atoms with Gasteiger partial charge in [-0.2, -0.15) is 5.10 Å². The van der Waals surface area contributed by atoms with Crippen LogP contribution in [0.1, 0.15) is 61.6 Å². The highest BCUT2D eigenvalue weighted by molar-refractivity contribution is 5.87. The standard InChI is InChI=1S/C18H26N2O3/c1-5-10-22-15-8-6-14(7-9-15)12-23-18(21)17-11-16(13(2)3)19-20(17)4/h1,11,13-15H,6-10,12H2,2-4H3. The highest BCUT2D eigenvalue weighted by atomic mass is 16.5. The van der Waals surface area contributed by atoms with Gasteiger partial charge in [0.15, 0.2) is 0 Å². The van der Waals surface area contributed by atoms with Gasteiger partial charge in [0.05, 0.1) is 18.4 Å². The number of hydrogen-bond donors (Lipinski definition) is 0. The number of nitrogens with zero attached hydrogens (tertiary/aromatic N) is 2. The number of rotatable bonds is 6. The second kappa shape index (κ2) is 8.16. The third-order valence-corrected chi connectivity index (χ3v) is 4.35. The summed E-state index contributed by atoms with van der Waals surface area (Å²) in [6, 6.07) is 1.82. The van der Waals surface area contributed by atoms with Gasteiger partial charge in [-0.1, -0.05) is 19.8 Å². The molecule has 1 heterocycles. The molecule has 1 fully saturated rings. The van der Waals surface area contributed by atoms with Crippen molar-refractivity contribution in [2.45, 2.75) is 51.6 Å². The van der Waals surface area contributed by atoms with Gasteiger partial charge in [-0.05, 0) is 43.6 Å². The van der Waals surface area contributed by atoms with Crippen molar-refractivity contribution in [1.29, 1.82) is 0 Å². The SMILES string of the molecule is C#CCOC1CCC(COC(=O)c2cc(C(C)C)nn2C)CC1. The Morgan fingerprint density at radius 1 is 1.43 bits per heavy atom. The maximum absolute atomic E-state index is 12.2. The molecule has 2 rings (SSSR count). The third-order valence-electron chi connectivity index (χ3n) is 4.35. The third kappa shape index (κ3) is 4.84. The highest BCUT2D eigenvalue weighted by Gasteiger charge is 2.23. The van der Waals surface area contributed by atoms with E-state index in [1.807, 2.05) is 6.07 Å². The van der Waals surface area contributed by atoms with Crippen LogP contribution in [0.15, 0.2) is 6.07 Å². The Morgan fingerprint density at radius 2 is 2.13 bits per heavy atom. The molecule has 0 saturated heterocycles. The predicted molar refractivity (Wildman–Crippen MR) is 88.1 cm³/mol. The fourth-order valence-corrected chi connectivity index (χ4v) is 2.86. The van der Waals surface area contributed by atoms with E-state index in [-0.39, 0.29) is 12.1 Å². The number of carbonyl (C=O) groups excluding carboxylic acids is 1. The molecule has 23 heavy (non-hydrogen) atoms. The minimum absolute atomic E-state index is 0.253. The van der Waals surface area contributed by atoms with Crippen molar-refractivity contribution in [1.82, 2.24) is 9.78 Å². The van der Waals surface area contributed by atoms with E-state index in [9.17, 15) is 4.79 Å². The van der Waals surface area contributed by atoms with Crippen molar-refractivity contribution in [3.05, 3.63) is 17.5 Å². The number of esters is 1. The lowest BCUT2D eigenvalue weighted by molar-refractivity contribution is 0.0156. The van der Waals surface area contributed by atoms with Gasteiger partial charge in [-0.25, -0.2) is 4.79 Å². The molecule has 0 bridgehead atoms. The van der Waals surface area contributed by atoms with E-state index in [0.717, 1.165) is 31.4 Å². The summed E-state index contributed by atoms with van der Waals surface area (Å²) in [4.78, 5) is 12.2. The lowest BCUT2D eigenvalue weighted by Crippen LogP contribution is -2.25. The molecule has 0 N–H and O–H groups in total. The normalized spacial score (nSPS) is 21.2. The highest BCUT2D eigenvalue weighted by Crippen LogP contribution is 2.26. The Hall–Kier alpha value is -1.80. The Kier molecular flexibility index (Phi) is 6.23. The van der Waals surface area contributed by atoms with Gasteiger partial charge in [-0.3, -0.25) is 4.68 Å². The van der Waals surface area contributed by atoms with E-state index >= 15 is 0 Å². The van der Waals surface area contributed by atoms with E-state index in [1.54, 1.807) is 11.7 Å². The zero-order valence-corrected chi connectivity index (χ0v) is 14.2. The fraction of sp³-hybridized carbons (Fsp3) is 0.667. The quantitative estimate of drug-likeness (QED) is 0.598. The van der Waals surface area contributed by atoms with Gasteiger partial charge >= 0.3 is 5.97 Å². The van der Waals surface area contributed by atoms with Crippen LogP contribution >= 0.6 is 0 Å². The van der Waals surface area contributed by atoms with Crippen LogP contribution < -0.4 is 0 Å². The number of aryl methyl sites for hydroxylation is 1. The van der Waals surface area contributed by atoms with Crippen LogP contribution in [0.25, 0.3) is 0 Å². The molecule has 0 radical (unpaired) electrons. The van der Waals surface area contributed by atoms with Gasteiger partial charge in [-0.15, -0.1) is 6.42 Å². The molecule has 1 aliphatic rings. The minimum atomic E-state index is -0.294. The Balaban J connectivity index is 1.78. The molecule has 0 aromatic carbocycles. The number of aromatic nitrogens is 2. The molecular weight excluding hydrogens is 292 g/mol. The van der Waals surface area contributed by atoms with E-state index in [4.69, 9.17) is 15.9 Å². The summed E-state index contributed by atoms with van der Waals surface area (Å²) >= 11 is 0. The first-order valence-corrected chi connectivity index (χ1v) is 8.27. The molecule has 0 aliphatic heterocycles. The molecule has 0 atom stereocenters. The van der Waals surface area contributed by atoms with Crippen LogP contribution in [-0.2, 0) is 16.5 Å². The average molecular weight is 318 g/mol. The summed E-state index contributed by atoms with van der Waals surface area (Å²) in [5, 5.41) is 4.35. The fourth-order valence-electron chi connectivity index (χ4n) is 2.86. The second-order valence-electron chi connectivity index (χ2n) is 6.49. The number of hydrogen-bond acceptors (Lipinski definition) is 4. The Labute approximate surface area is 138 Å². The molecule has 5 nitrogen and oxygen atoms in total. The summed E-state index contributed by atoms with van der Waals surface area (Å²) in [5.41, 5.74) is 1.42. The molecule has 1 aromatic rings. The smallest absolute Gasteiger partial charge is 0.356 e. The van der Waals surface area contributed by atoms with Gasteiger partial charge in [0.1, 0.15) is 12.3 Å². The zero-order valence-electron chi connectivity index (χ0n) is 14.2. The van der Waals surface area contributed by atoms with Gasteiger partial charge in [0.2, 0.25) is 0 Å². The van der Waals surface area contributed by atoms with Crippen molar-refractivity contribution >= 4 is 5.97 Å². The Morgan fingerprint density at radius 3 is 2.70 bits per heavy atom.